The zero-order valence-corrected chi connectivity index (χ0v) is 15.4. The van der Waals surface area contributed by atoms with E-state index in [0.717, 1.165) is 52.1 Å². The molecule has 3 fully saturated rings. The molecular formula is C20H29N3O2. The molecule has 0 N–H and O–H groups in total. The summed E-state index contributed by atoms with van der Waals surface area (Å²) in [5.74, 6) is 0.206. The van der Waals surface area contributed by atoms with Gasteiger partial charge in [-0.2, -0.15) is 0 Å². The summed E-state index contributed by atoms with van der Waals surface area (Å²) in [6.07, 6.45) is 1.88. The van der Waals surface area contributed by atoms with E-state index in [2.05, 4.69) is 48.0 Å². The summed E-state index contributed by atoms with van der Waals surface area (Å²) in [6, 6.07) is 9.11. The molecule has 3 atom stereocenters. The third kappa shape index (κ3) is 3.59. The van der Waals surface area contributed by atoms with Gasteiger partial charge in [-0.15, -0.1) is 0 Å². The Morgan fingerprint density at radius 1 is 1.20 bits per heavy atom. The van der Waals surface area contributed by atoms with Crippen LogP contribution in [0.15, 0.2) is 24.3 Å². The molecule has 0 unspecified atom stereocenters. The molecule has 5 heteroatoms. The van der Waals surface area contributed by atoms with Gasteiger partial charge in [0, 0.05) is 51.7 Å². The Bertz CT molecular complexity index is 627. The fraction of sp³-hybridized carbons (Fsp3) is 0.650. The fourth-order valence-electron chi connectivity index (χ4n) is 4.46. The SMILES string of the molecule is Cc1cccc(CN2CC[C@@H]3O[C@@H](C(=O)N4CCN(C)CC4)C[C@@H]32)c1. The van der Waals surface area contributed by atoms with Gasteiger partial charge in [0.2, 0.25) is 0 Å². The molecule has 5 nitrogen and oxygen atoms in total. The maximum atomic E-state index is 12.8. The van der Waals surface area contributed by atoms with Gasteiger partial charge in [0.25, 0.3) is 5.91 Å². The first-order valence-corrected chi connectivity index (χ1v) is 9.52. The number of likely N-dealkylation sites (N-methyl/N-ethyl adjacent to an activating group) is 1. The van der Waals surface area contributed by atoms with Crippen molar-refractivity contribution in [2.75, 3.05) is 39.8 Å². The van der Waals surface area contributed by atoms with Gasteiger partial charge < -0.3 is 14.5 Å². The van der Waals surface area contributed by atoms with E-state index in [-0.39, 0.29) is 18.1 Å². The first-order chi connectivity index (χ1) is 12.1. The molecule has 0 spiro atoms. The van der Waals surface area contributed by atoms with Crippen LogP contribution in [0.2, 0.25) is 0 Å². The lowest BCUT2D eigenvalue weighted by Gasteiger charge is -2.34. The van der Waals surface area contributed by atoms with Crippen molar-refractivity contribution in [2.45, 2.75) is 44.6 Å². The van der Waals surface area contributed by atoms with Crippen LogP contribution < -0.4 is 0 Å². The van der Waals surface area contributed by atoms with E-state index in [0.29, 0.717) is 6.04 Å². The molecule has 3 heterocycles. The Balaban J connectivity index is 1.37. The van der Waals surface area contributed by atoms with Crippen LogP contribution in [0.4, 0.5) is 0 Å². The van der Waals surface area contributed by atoms with Crippen molar-refractivity contribution in [3.8, 4) is 0 Å². The van der Waals surface area contributed by atoms with E-state index >= 15 is 0 Å². The summed E-state index contributed by atoms with van der Waals surface area (Å²) in [6.45, 7) is 7.75. The van der Waals surface area contributed by atoms with E-state index in [1.54, 1.807) is 0 Å². The second-order valence-electron chi connectivity index (χ2n) is 7.84. The smallest absolute Gasteiger partial charge is 0.251 e. The van der Waals surface area contributed by atoms with Gasteiger partial charge in [-0.1, -0.05) is 29.8 Å². The molecule has 1 aromatic rings. The van der Waals surface area contributed by atoms with Crippen molar-refractivity contribution in [1.82, 2.24) is 14.7 Å². The summed E-state index contributed by atoms with van der Waals surface area (Å²) in [4.78, 5) is 19.6. The predicted molar refractivity (Wildman–Crippen MR) is 97.3 cm³/mol. The number of fused-ring (bicyclic) bond motifs is 1. The normalized spacial score (nSPS) is 30.6. The maximum absolute atomic E-state index is 12.8. The number of likely N-dealkylation sites (tertiary alicyclic amines) is 1. The highest BCUT2D eigenvalue weighted by Crippen LogP contribution is 2.34. The van der Waals surface area contributed by atoms with Crippen molar-refractivity contribution >= 4 is 5.91 Å². The Morgan fingerprint density at radius 2 is 2.00 bits per heavy atom. The van der Waals surface area contributed by atoms with Gasteiger partial charge in [-0.3, -0.25) is 9.69 Å². The van der Waals surface area contributed by atoms with Gasteiger partial charge in [0.05, 0.1) is 6.10 Å². The zero-order valence-electron chi connectivity index (χ0n) is 15.4. The van der Waals surface area contributed by atoms with Crippen LogP contribution in [0.25, 0.3) is 0 Å². The third-order valence-electron chi connectivity index (χ3n) is 5.95. The van der Waals surface area contributed by atoms with Gasteiger partial charge >= 0.3 is 0 Å². The van der Waals surface area contributed by atoms with Crippen LogP contribution in [-0.2, 0) is 16.1 Å². The lowest BCUT2D eigenvalue weighted by molar-refractivity contribution is -0.144. The van der Waals surface area contributed by atoms with E-state index in [1.807, 2.05) is 4.90 Å². The maximum Gasteiger partial charge on any atom is 0.251 e. The van der Waals surface area contributed by atoms with Crippen LogP contribution in [0.1, 0.15) is 24.0 Å². The lowest BCUT2D eigenvalue weighted by Crippen LogP contribution is -2.50. The third-order valence-corrected chi connectivity index (χ3v) is 5.95. The number of hydrogen-bond acceptors (Lipinski definition) is 4. The zero-order chi connectivity index (χ0) is 17.4. The van der Waals surface area contributed by atoms with Crippen molar-refractivity contribution in [3.05, 3.63) is 35.4 Å². The minimum absolute atomic E-state index is 0.206. The van der Waals surface area contributed by atoms with E-state index < -0.39 is 0 Å². The number of carbonyl (C=O) groups excluding carboxylic acids is 1. The standard InChI is InChI=1S/C20H29N3O2/c1-15-4-3-5-16(12-15)14-23-7-6-18-17(23)13-19(25-18)20(24)22-10-8-21(2)9-11-22/h3-5,12,17-19H,6-11,13-14H2,1-2H3/t17-,18-,19+/m0/s1. The number of carbonyl (C=O) groups is 1. The van der Waals surface area contributed by atoms with E-state index in [9.17, 15) is 4.79 Å². The number of nitrogens with zero attached hydrogens (tertiary/aromatic N) is 3. The van der Waals surface area contributed by atoms with Crippen molar-refractivity contribution in [2.24, 2.45) is 0 Å². The average Bonchev–Trinajstić information content (AvgIpc) is 3.17. The molecule has 25 heavy (non-hydrogen) atoms. The Labute approximate surface area is 150 Å². The number of hydrogen-bond donors (Lipinski definition) is 0. The molecular weight excluding hydrogens is 314 g/mol. The Hall–Kier alpha value is -1.43. The number of amides is 1. The van der Waals surface area contributed by atoms with E-state index in [1.165, 1.54) is 11.1 Å². The van der Waals surface area contributed by atoms with Gasteiger partial charge in [0.1, 0.15) is 6.10 Å². The summed E-state index contributed by atoms with van der Waals surface area (Å²) < 4.78 is 6.17. The summed E-state index contributed by atoms with van der Waals surface area (Å²) in [7, 11) is 2.11. The molecule has 136 valence electrons. The Morgan fingerprint density at radius 3 is 2.76 bits per heavy atom. The topological polar surface area (TPSA) is 36.0 Å². The molecule has 3 aliphatic heterocycles. The molecule has 0 saturated carbocycles. The Kier molecular flexibility index (Phi) is 4.80. The minimum Gasteiger partial charge on any atom is -0.363 e. The van der Waals surface area contributed by atoms with Gasteiger partial charge in [-0.25, -0.2) is 0 Å². The highest BCUT2D eigenvalue weighted by atomic mass is 16.5. The molecule has 0 radical (unpaired) electrons. The number of piperazine rings is 1. The number of benzene rings is 1. The first-order valence-electron chi connectivity index (χ1n) is 9.52. The molecule has 1 amide bonds. The molecule has 3 aliphatic rings. The predicted octanol–water partition coefficient (Wildman–Crippen LogP) is 1.50. The molecule has 0 aromatic heterocycles. The number of aryl methyl sites for hydroxylation is 1. The monoisotopic (exact) mass is 343 g/mol. The van der Waals surface area contributed by atoms with Crippen molar-refractivity contribution < 1.29 is 9.53 Å². The average molecular weight is 343 g/mol. The summed E-state index contributed by atoms with van der Waals surface area (Å²) in [5.41, 5.74) is 2.66. The van der Waals surface area contributed by atoms with Crippen LogP contribution in [0.5, 0.6) is 0 Å². The molecule has 1 aromatic carbocycles. The van der Waals surface area contributed by atoms with Crippen molar-refractivity contribution in [3.63, 3.8) is 0 Å². The molecule has 3 saturated heterocycles. The fourth-order valence-corrected chi connectivity index (χ4v) is 4.46. The minimum atomic E-state index is -0.237. The van der Waals surface area contributed by atoms with E-state index in [4.69, 9.17) is 4.74 Å². The van der Waals surface area contributed by atoms with Crippen LogP contribution in [-0.4, -0.2) is 78.6 Å². The van der Waals surface area contributed by atoms with Gasteiger partial charge in [-0.05, 0) is 26.0 Å². The van der Waals surface area contributed by atoms with Crippen LogP contribution in [0, 0.1) is 6.92 Å². The summed E-state index contributed by atoms with van der Waals surface area (Å²) >= 11 is 0. The first kappa shape index (κ1) is 17.0. The quantitative estimate of drug-likeness (QED) is 0.833. The van der Waals surface area contributed by atoms with Crippen LogP contribution in [0.3, 0.4) is 0 Å². The highest BCUT2D eigenvalue weighted by molar-refractivity contribution is 5.81. The highest BCUT2D eigenvalue weighted by Gasteiger charge is 2.46. The second-order valence-corrected chi connectivity index (χ2v) is 7.84. The molecule has 0 aliphatic carbocycles. The largest absolute Gasteiger partial charge is 0.363 e. The molecule has 0 bridgehead atoms. The molecule has 4 rings (SSSR count). The summed E-state index contributed by atoms with van der Waals surface area (Å²) in [5, 5.41) is 0. The van der Waals surface area contributed by atoms with Crippen molar-refractivity contribution in [1.29, 1.82) is 0 Å². The van der Waals surface area contributed by atoms with Crippen LogP contribution >= 0.6 is 0 Å². The number of ether oxygens (including phenoxy) is 1. The number of rotatable bonds is 3. The second kappa shape index (κ2) is 7.06. The van der Waals surface area contributed by atoms with Gasteiger partial charge in [0.15, 0.2) is 0 Å². The lowest BCUT2D eigenvalue weighted by atomic mass is 10.1.